The van der Waals surface area contributed by atoms with E-state index >= 15 is 0 Å². The first-order chi connectivity index (χ1) is 9.22. The van der Waals surface area contributed by atoms with E-state index in [0.29, 0.717) is 12.5 Å². The largest absolute Gasteiger partial charge is 0.478 e. The fraction of sp³-hybridized carbons (Fsp3) is 0.429. The smallest absolute Gasteiger partial charge is 0.213 e. The van der Waals surface area contributed by atoms with E-state index in [4.69, 9.17) is 4.74 Å². The van der Waals surface area contributed by atoms with Crippen LogP contribution < -0.4 is 10.1 Å². The van der Waals surface area contributed by atoms with Crippen LogP contribution in [0.2, 0.25) is 0 Å². The fourth-order valence-corrected chi connectivity index (χ4v) is 1.82. The van der Waals surface area contributed by atoms with Gasteiger partial charge in [-0.15, -0.1) is 0 Å². The third-order valence-corrected chi connectivity index (χ3v) is 2.89. The number of aromatic nitrogens is 3. The molecule has 5 nitrogen and oxygen atoms in total. The van der Waals surface area contributed by atoms with Crippen LogP contribution >= 0.6 is 0 Å². The molecule has 2 aromatic heterocycles. The van der Waals surface area contributed by atoms with Crippen LogP contribution in [0.4, 0.5) is 5.69 Å². The molecule has 0 atom stereocenters. The molecule has 0 aliphatic heterocycles. The normalized spacial score (nSPS) is 10.5. The Balaban J connectivity index is 1.95. The van der Waals surface area contributed by atoms with Crippen molar-refractivity contribution in [1.29, 1.82) is 0 Å². The van der Waals surface area contributed by atoms with Gasteiger partial charge in [0, 0.05) is 13.1 Å². The molecule has 0 radical (unpaired) electrons. The van der Waals surface area contributed by atoms with Gasteiger partial charge in [-0.1, -0.05) is 6.92 Å². The zero-order valence-electron chi connectivity index (χ0n) is 11.7. The van der Waals surface area contributed by atoms with Gasteiger partial charge in [0.05, 0.1) is 36.4 Å². The van der Waals surface area contributed by atoms with Crippen molar-refractivity contribution in [3.63, 3.8) is 0 Å². The second-order valence-electron chi connectivity index (χ2n) is 4.28. The molecule has 0 bridgehead atoms. The van der Waals surface area contributed by atoms with Gasteiger partial charge in [0.2, 0.25) is 5.88 Å². The van der Waals surface area contributed by atoms with Gasteiger partial charge < -0.3 is 10.1 Å². The molecule has 5 heteroatoms. The number of aryl methyl sites for hydroxylation is 2. The highest BCUT2D eigenvalue weighted by molar-refractivity contribution is 5.42. The van der Waals surface area contributed by atoms with Crippen molar-refractivity contribution in [2.75, 3.05) is 11.9 Å². The highest BCUT2D eigenvalue weighted by atomic mass is 16.5. The molecule has 2 aromatic rings. The average Bonchev–Trinajstić information content (AvgIpc) is 2.79. The van der Waals surface area contributed by atoms with Crippen LogP contribution in [0, 0.1) is 0 Å². The maximum absolute atomic E-state index is 5.31. The molecular weight excluding hydrogens is 240 g/mol. The van der Waals surface area contributed by atoms with Crippen LogP contribution in [0.5, 0.6) is 5.88 Å². The van der Waals surface area contributed by atoms with Gasteiger partial charge in [-0.3, -0.25) is 4.68 Å². The van der Waals surface area contributed by atoms with Crippen LogP contribution in [0.1, 0.15) is 25.2 Å². The van der Waals surface area contributed by atoms with E-state index in [9.17, 15) is 0 Å². The lowest BCUT2D eigenvalue weighted by Gasteiger charge is -2.07. The third kappa shape index (κ3) is 3.47. The summed E-state index contributed by atoms with van der Waals surface area (Å²) >= 11 is 0. The van der Waals surface area contributed by atoms with E-state index in [0.717, 1.165) is 30.0 Å². The number of pyridine rings is 1. The second kappa shape index (κ2) is 6.22. The summed E-state index contributed by atoms with van der Waals surface area (Å²) in [5.41, 5.74) is 3.25. The Kier molecular flexibility index (Phi) is 4.39. The summed E-state index contributed by atoms with van der Waals surface area (Å²) < 4.78 is 7.22. The van der Waals surface area contributed by atoms with Crippen LogP contribution in [0.3, 0.4) is 0 Å². The van der Waals surface area contributed by atoms with Gasteiger partial charge in [0.1, 0.15) is 0 Å². The Hall–Kier alpha value is -2.04. The number of nitrogens with one attached hydrogen (secondary N) is 1. The molecule has 0 unspecified atom stereocenters. The summed E-state index contributed by atoms with van der Waals surface area (Å²) in [6, 6.07) is 5.95. The number of anilines is 1. The van der Waals surface area contributed by atoms with Gasteiger partial charge in [-0.05, 0) is 25.5 Å². The van der Waals surface area contributed by atoms with Gasteiger partial charge in [0.15, 0.2) is 0 Å². The lowest BCUT2D eigenvalue weighted by molar-refractivity contribution is 0.327. The van der Waals surface area contributed by atoms with E-state index in [1.54, 1.807) is 6.20 Å². The fourth-order valence-electron chi connectivity index (χ4n) is 1.82. The molecule has 1 N–H and O–H groups in total. The molecule has 0 aliphatic carbocycles. The number of nitrogens with zero attached hydrogens (tertiary/aromatic N) is 3. The molecular formula is C14H20N4O. The third-order valence-electron chi connectivity index (χ3n) is 2.89. The van der Waals surface area contributed by atoms with Crippen LogP contribution in [-0.4, -0.2) is 21.4 Å². The van der Waals surface area contributed by atoms with E-state index < -0.39 is 0 Å². The van der Waals surface area contributed by atoms with Crippen molar-refractivity contribution in [1.82, 2.24) is 14.8 Å². The summed E-state index contributed by atoms with van der Waals surface area (Å²) in [7, 11) is 1.96. The van der Waals surface area contributed by atoms with Crippen molar-refractivity contribution in [3.05, 3.63) is 35.8 Å². The first kappa shape index (κ1) is 13.4. The molecule has 102 valence electrons. The predicted octanol–water partition coefficient (Wildman–Crippen LogP) is 2.39. The van der Waals surface area contributed by atoms with E-state index in [2.05, 4.69) is 28.4 Å². The lowest BCUT2D eigenvalue weighted by Crippen LogP contribution is -2.05. The summed E-state index contributed by atoms with van der Waals surface area (Å²) in [5.74, 6) is 0.654. The zero-order chi connectivity index (χ0) is 13.7. The molecule has 0 saturated heterocycles. The average molecular weight is 260 g/mol. The highest BCUT2D eigenvalue weighted by Crippen LogP contribution is 2.13. The van der Waals surface area contributed by atoms with Crippen molar-refractivity contribution >= 4 is 5.69 Å². The standard InChI is InChI=1S/C14H20N4O/c1-4-11-8-13(18(3)17-11)10-15-12-6-7-14(16-9-12)19-5-2/h6-9,15H,4-5,10H2,1-3H3. The minimum Gasteiger partial charge on any atom is -0.478 e. The minimum absolute atomic E-state index is 0.634. The maximum atomic E-state index is 5.31. The molecule has 2 heterocycles. The molecule has 0 aromatic carbocycles. The molecule has 2 rings (SSSR count). The van der Waals surface area contributed by atoms with Crippen LogP contribution in [0.15, 0.2) is 24.4 Å². The lowest BCUT2D eigenvalue weighted by atomic mass is 10.3. The van der Waals surface area contributed by atoms with E-state index in [-0.39, 0.29) is 0 Å². The molecule has 0 fully saturated rings. The van der Waals surface area contributed by atoms with Crippen molar-refractivity contribution in [3.8, 4) is 5.88 Å². The summed E-state index contributed by atoms with van der Waals surface area (Å²) in [5, 5.41) is 7.75. The summed E-state index contributed by atoms with van der Waals surface area (Å²) in [6.45, 7) is 5.42. The van der Waals surface area contributed by atoms with E-state index in [1.807, 2.05) is 30.8 Å². The first-order valence-corrected chi connectivity index (χ1v) is 6.57. The summed E-state index contributed by atoms with van der Waals surface area (Å²) in [6.07, 6.45) is 2.74. The Bertz CT molecular complexity index is 519. The number of hydrogen-bond donors (Lipinski definition) is 1. The maximum Gasteiger partial charge on any atom is 0.213 e. The molecule has 0 saturated carbocycles. The van der Waals surface area contributed by atoms with Crippen molar-refractivity contribution < 1.29 is 4.74 Å². The SMILES string of the molecule is CCOc1ccc(NCc2cc(CC)nn2C)cn1. The van der Waals surface area contributed by atoms with Crippen molar-refractivity contribution in [2.24, 2.45) is 7.05 Å². The summed E-state index contributed by atoms with van der Waals surface area (Å²) in [4.78, 5) is 4.22. The zero-order valence-corrected chi connectivity index (χ0v) is 11.7. The van der Waals surface area contributed by atoms with Gasteiger partial charge >= 0.3 is 0 Å². The van der Waals surface area contributed by atoms with Gasteiger partial charge in [-0.25, -0.2) is 4.98 Å². The van der Waals surface area contributed by atoms with Gasteiger partial charge in [-0.2, -0.15) is 5.10 Å². The highest BCUT2D eigenvalue weighted by Gasteiger charge is 2.03. The Morgan fingerprint density at radius 2 is 2.16 bits per heavy atom. The first-order valence-electron chi connectivity index (χ1n) is 6.57. The monoisotopic (exact) mass is 260 g/mol. The number of ether oxygens (including phenoxy) is 1. The molecule has 0 aliphatic rings. The number of rotatable bonds is 6. The Morgan fingerprint density at radius 1 is 1.32 bits per heavy atom. The van der Waals surface area contributed by atoms with Crippen LogP contribution in [-0.2, 0) is 20.0 Å². The quantitative estimate of drug-likeness (QED) is 0.866. The molecule has 0 amide bonds. The minimum atomic E-state index is 0.634. The van der Waals surface area contributed by atoms with Crippen LogP contribution in [0.25, 0.3) is 0 Å². The molecule has 19 heavy (non-hydrogen) atoms. The second-order valence-corrected chi connectivity index (χ2v) is 4.28. The van der Waals surface area contributed by atoms with E-state index in [1.165, 1.54) is 0 Å². The Labute approximate surface area is 113 Å². The van der Waals surface area contributed by atoms with Gasteiger partial charge in [0.25, 0.3) is 0 Å². The predicted molar refractivity (Wildman–Crippen MR) is 75.3 cm³/mol. The van der Waals surface area contributed by atoms with Crippen molar-refractivity contribution in [2.45, 2.75) is 26.8 Å². The Morgan fingerprint density at radius 3 is 2.74 bits per heavy atom. The topological polar surface area (TPSA) is 52.0 Å². The molecule has 0 spiro atoms. The number of hydrogen-bond acceptors (Lipinski definition) is 4.